The molecule has 0 atom stereocenters. The van der Waals surface area contributed by atoms with E-state index in [0.29, 0.717) is 11.6 Å². The van der Waals surface area contributed by atoms with E-state index in [1.807, 2.05) is 30.3 Å². The number of thioether (sulfide) groups is 1. The molecule has 1 saturated heterocycles. The lowest BCUT2D eigenvalue weighted by Gasteiger charge is -2.25. The average molecular weight is 377 g/mol. The molecule has 0 bridgehead atoms. The summed E-state index contributed by atoms with van der Waals surface area (Å²) in [5.41, 5.74) is 1.17. The van der Waals surface area contributed by atoms with E-state index in [4.69, 9.17) is 0 Å². The maximum atomic E-state index is 12.0. The van der Waals surface area contributed by atoms with Crippen molar-refractivity contribution < 1.29 is 4.79 Å². The van der Waals surface area contributed by atoms with E-state index >= 15 is 0 Å². The van der Waals surface area contributed by atoms with Crippen LogP contribution in [-0.4, -0.2) is 46.4 Å². The summed E-state index contributed by atoms with van der Waals surface area (Å²) in [6.07, 6.45) is 5.21. The number of hydrogen-bond donors (Lipinski definition) is 1. The van der Waals surface area contributed by atoms with Crippen LogP contribution in [0, 0.1) is 0 Å². The number of rotatable bonds is 8. The third-order valence-electron chi connectivity index (χ3n) is 4.22. The van der Waals surface area contributed by atoms with E-state index in [-0.39, 0.29) is 5.91 Å². The number of piperidine rings is 1. The standard InChI is InChI=1S/C18H24N4OS2/c23-16(10-9-15-7-3-1-4-8-15)19-17-20-21-18(25-17)24-14-13-22-11-5-2-6-12-22/h1,3-4,7-8H,2,5-6,9-14H2,(H,19,20,23). The first-order valence-electron chi connectivity index (χ1n) is 8.82. The van der Waals surface area contributed by atoms with E-state index in [1.54, 1.807) is 11.8 Å². The zero-order chi connectivity index (χ0) is 17.3. The fraction of sp³-hybridized carbons (Fsp3) is 0.500. The van der Waals surface area contributed by atoms with E-state index < -0.39 is 0 Å². The number of aryl methyl sites for hydroxylation is 1. The van der Waals surface area contributed by atoms with Crippen LogP contribution in [0.1, 0.15) is 31.2 Å². The molecule has 7 heteroatoms. The lowest BCUT2D eigenvalue weighted by molar-refractivity contribution is -0.116. The van der Waals surface area contributed by atoms with Gasteiger partial charge < -0.3 is 10.2 Å². The van der Waals surface area contributed by atoms with Crippen molar-refractivity contribution in [2.24, 2.45) is 0 Å². The van der Waals surface area contributed by atoms with E-state index in [1.165, 1.54) is 49.3 Å². The average Bonchev–Trinajstić information content (AvgIpc) is 3.09. The number of aromatic nitrogens is 2. The molecule has 25 heavy (non-hydrogen) atoms. The third-order valence-corrected chi connectivity index (χ3v) is 6.17. The zero-order valence-corrected chi connectivity index (χ0v) is 16.0. The normalized spacial score (nSPS) is 15.2. The van der Waals surface area contributed by atoms with Gasteiger partial charge in [-0.25, -0.2) is 0 Å². The molecule has 1 aromatic carbocycles. The summed E-state index contributed by atoms with van der Waals surface area (Å²) in [5.74, 6) is 1.02. The van der Waals surface area contributed by atoms with Gasteiger partial charge in [-0.15, -0.1) is 10.2 Å². The molecule has 0 saturated carbocycles. The van der Waals surface area contributed by atoms with Crippen LogP contribution in [0.4, 0.5) is 5.13 Å². The third kappa shape index (κ3) is 6.41. The summed E-state index contributed by atoms with van der Waals surface area (Å²) >= 11 is 3.18. The van der Waals surface area contributed by atoms with Crippen molar-refractivity contribution in [2.75, 3.05) is 30.7 Å². The summed E-state index contributed by atoms with van der Waals surface area (Å²) in [7, 11) is 0. The second kappa shape index (κ2) is 9.89. The van der Waals surface area contributed by atoms with Gasteiger partial charge in [0.2, 0.25) is 11.0 Å². The molecule has 0 spiro atoms. The minimum absolute atomic E-state index is 0.00938. The minimum atomic E-state index is -0.00938. The number of carbonyl (C=O) groups excluding carboxylic acids is 1. The highest BCUT2D eigenvalue weighted by atomic mass is 32.2. The van der Waals surface area contributed by atoms with Gasteiger partial charge in [0.15, 0.2) is 4.34 Å². The summed E-state index contributed by atoms with van der Waals surface area (Å²) < 4.78 is 0.926. The van der Waals surface area contributed by atoms with Crippen molar-refractivity contribution in [3.63, 3.8) is 0 Å². The first-order chi connectivity index (χ1) is 12.3. The highest BCUT2D eigenvalue weighted by Gasteiger charge is 2.12. The molecule has 134 valence electrons. The number of nitrogens with zero attached hydrogens (tertiary/aromatic N) is 3. The van der Waals surface area contributed by atoms with Gasteiger partial charge in [0.25, 0.3) is 0 Å². The molecule has 0 aliphatic carbocycles. The molecule has 2 aromatic rings. The molecular formula is C18H24N4OS2. The van der Waals surface area contributed by atoms with Crippen molar-refractivity contribution in [3.05, 3.63) is 35.9 Å². The van der Waals surface area contributed by atoms with Gasteiger partial charge in [-0.1, -0.05) is 59.9 Å². The maximum absolute atomic E-state index is 12.0. The number of nitrogens with one attached hydrogen (secondary N) is 1. The van der Waals surface area contributed by atoms with Crippen LogP contribution in [0.5, 0.6) is 0 Å². The van der Waals surface area contributed by atoms with Crippen molar-refractivity contribution >= 4 is 34.1 Å². The Hall–Kier alpha value is -1.44. The molecule has 3 rings (SSSR count). The maximum Gasteiger partial charge on any atom is 0.226 e. The zero-order valence-electron chi connectivity index (χ0n) is 14.3. The Labute approximate surface area is 157 Å². The largest absolute Gasteiger partial charge is 0.303 e. The number of likely N-dealkylation sites (tertiary alicyclic amines) is 1. The van der Waals surface area contributed by atoms with Crippen LogP contribution >= 0.6 is 23.1 Å². The molecule has 1 aliphatic rings. The Morgan fingerprint density at radius 3 is 2.76 bits per heavy atom. The Bertz CT molecular complexity index is 656. The highest BCUT2D eigenvalue weighted by molar-refractivity contribution is 8.01. The van der Waals surface area contributed by atoms with Crippen LogP contribution in [0.3, 0.4) is 0 Å². The first kappa shape index (κ1) is 18.4. The fourth-order valence-corrected chi connectivity index (χ4v) is 4.69. The number of carbonyl (C=O) groups is 1. The molecule has 5 nitrogen and oxygen atoms in total. The molecule has 1 aliphatic heterocycles. The monoisotopic (exact) mass is 376 g/mol. The van der Waals surface area contributed by atoms with Crippen LogP contribution < -0.4 is 5.32 Å². The quantitative estimate of drug-likeness (QED) is 0.562. The van der Waals surface area contributed by atoms with Gasteiger partial charge in [0.1, 0.15) is 0 Å². The summed E-state index contributed by atoms with van der Waals surface area (Å²) in [4.78, 5) is 14.5. The van der Waals surface area contributed by atoms with Crippen molar-refractivity contribution in [1.82, 2.24) is 15.1 Å². The second-order valence-corrected chi connectivity index (χ2v) is 8.48. The molecular weight excluding hydrogens is 352 g/mol. The van der Waals surface area contributed by atoms with Crippen LogP contribution in [-0.2, 0) is 11.2 Å². The lowest BCUT2D eigenvalue weighted by Crippen LogP contribution is -2.31. The summed E-state index contributed by atoms with van der Waals surface area (Å²) in [5, 5.41) is 11.7. The molecule has 1 amide bonds. The number of hydrogen-bond acceptors (Lipinski definition) is 6. The van der Waals surface area contributed by atoms with Crippen LogP contribution in [0.2, 0.25) is 0 Å². The molecule has 1 N–H and O–H groups in total. The Morgan fingerprint density at radius 1 is 1.16 bits per heavy atom. The smallest absolute Gasteiger partial charge is 0.226 e. The molecule has 0 unspecified atom stereocenters. The minimum Gasteiger partial charge on any atom is -0.303 e. The van der Waals surface area contributed by atoms with Gasteiger partial charge in [-0.05, 0) is 37.9 Å². The summed E-state index contributed by atoms with van der Waals surface area (Å²) in [6.45, 7) is 3.54. The first-order valence-corrected chi connectivity index (χ1v) is 10.6. The lowest BCUT2D eigenvalue weighted by atomic mass is 10.1. The van der Waals surface area contributed by atoms with Crippen LogP contribution in [0.15, 0.2) is 34.7 Å². The molecule has 0 radical (unpaired) electrons. The predicted molar refractivity (Wildman–Crippen MR) is 104 cm³/mol. The van der Waals surface area contributed by atoms with Crippen molar-refractivity contribution in [3.8, 4) is 0 Å². The number of anilines is 1. The van der Waals surface area contributed by atoms with E-state index in [2.05, 4.69) is 20.4 Å². The van der Waals surface area contributed by atoms with Gasteiger partial charge in [0, 0.05) is 18.7 Å². The van der Waals surface area contributed by atoms with Gasteiger partial charge in [0.05, 0.1) is 0 Å². The Morgan fingerprint density at radius 2 is 1.96 bits per heavy atom. The van der Waals surface area contributed by atoms with Gasteiger partial charge in [-0.3, -0.25) is 4.79 Å². The van der Waals surface area contributed by atoms with Crippen LogP contribution in [0.25, 0.3) is 0 Å². The van der Waals surface area contributed by atoms with Crippen molar-refractivity contribution in [2.45, 2.75) is 36.4 Å². The van der Waals surface area contributed by atoms with Gasteiger partial charge in [-0.2, -0.15) is 0 Å². The molecule has 1 fully saturated rings. The predicted octanol–water partition coefficient (Wildman–Crippen LogP) is 3.69. The SMILES string of the molecule is O=C(CCc1ccccc1)Nc1nnc(SCCN2CCCCC2)s1. The van der Waals surface area contributed by atoms with Gasteiger partial charge >= 0.3 is 0 Å². The van der Waals surface area contributed by atoms with E-state index in [0.717, 1.165) is 23.1 Å². The fourth-order valence-electron chi connectivity index (χ4n) is 2.85. The Kier molecular flexibility index (Phi) is 7.26. The highest BCUT2D eigenvalue weighted by Crippen LogP contribution is 2.25. The van der Waals surface area contributed by atoms with Crippen molar-refractivity contribution in [1.29, 1.82) is 0 Å². The number of benzene rings is 1. The topological polar surface area (TPSA) is 58.1 Å². The summed E-state index contributed by atoms with van der Waals surface area (Å²) in [6, 6.07) is 10.0. The van der Waals surface area contributed by atoms with E-state index in [9.17, 15) is 4.79 Å². The molecule has 1 aromatic heterocycles. The Balaban J connectivity index is 1.36. The number of amides is 1. The molecule has 2 heterocycles. The second-order valence-electron chi connectivity index (χ2n) is 6.16.